The Balaban J connectivity index is 1.55. The third-order valence-electron chi connectivity index (χ3n) is 6.49. The number of piperidine rings is 1. The molecular weight excluding hydrogens is 461 g/mol. The van der Waals surface area contributed by atoms with Crippen molar-refractivity contribution in [2.24, 2.45) is 10.7 Å². The van der Waals surface area contributed by atoms with Gasteiger partial charge in [0.1, 0.15) is 23.5 Å². The van der Waals surface area contributed by atoms with Crippen LogP contribution >= 0.6 is 23.2 Å². The number of carbonyl (C=O) groups is 1. The number of hydrogen-bond donors (Lipinski definition) is 1. The lowest BCUT2D eigenvalue weighted by atomic mass is 9.83. The van der Waals surface area contributed by atoms with Crippen LogP contribution in [0.4, 0.5) is 5.69 Å². The van der Waals surface area contributed by atoms with Gasteiger partial charge in [-0.2, -0.15) is 0 Å². The summed E-state index contributed by atoms with van der Waals surface area (Å²) in [5.41, 5.74) is 8.31. The monoisotopic (exact) mass is 487 g/mol. The summed E-state index contributed by atoms with van der Waals surface area (Å²) < 4.78 is 6.24. The number of allylic oxidation sites excluding steroid dienone is 1. The van der Waals surface area contributed by atoms with Crippen LogP contribution in [0.2, 0.25) is 10.0 Å². The van der Waals surface area contributed by atoms with E-state index in [0.717, 1.165) is 17.5 Å². The Kier molecular flexibility index (Phi) is 6.66. The van der Waals surface area contributed by atoms with Crippen LogP contribution in [0.25, 0.3) is 0 Å². The van der Waals surface area contributed by atoms with Crippen molar-refractivity contribution in [3.63, 3.8) is 0 Å². The number of likely N-dealkylation sites (tertiary alicyclic amines) is 1. The lowest BCUT2D eigenvalue weighted by molar-refractivity contribution is -0.105. The fraction of sp³-hybridized carbons (Fsp3) is 0.375. The van der Waals surface area contributed by atoms with Crippen molar-refractivity contribution in [1.82, 2.24) is 9.88 Å². The third-order valence-corrected chi connectivity index (χ3v) is 7.30. The molecule has 4 rings (SSSR count). The number of aromatic nitrogens is 1. The van der Waals surface area contributed by atoms with E-state index in [1.54, 1.807) is 19.2 Å². The van der Waals surface area contributed by atoms with Gasteiger partial charge in [-0.15, -0.1) is 0 Å². The maximum Gasteiger partial charge on any atom is 0.218 e. The smallest absolute Gasteiger partial charge is 0.218 e. The lowest BCUT2D eigenvalue weighted by Crippen LogP contribution is -2.51. The number of nitrogens with zero attached hydrogens (tertiary/aromatic N) is 4. The number of aliphatic imine (C=N–C) groups is 1. The number of halogens is 2. The van der Waals surface area contributed by atoms with E-state index in [1.807, 2.05) is 43.1 Å². The summed E-state index contributed by atoms with van der Waals surface area (Å²) in [6.07, 6.45) is 3.95. The molecule has 3 heterocycles. The van der Waals surface area contributed by atoms with Crippen LogP contribution in [-0.4, -0.2) is 47.7 Å². The molecule has 2 aliphatic rings. The normalized spacial score (nSPS) is 20.2. The number of anilines is 1. The van der Waals surface area contributed by atoms with Crippen molar-refractivity contribution >= 4 is 41.0 Å². The second kappa shape index (κ2) is 9.33. The summed E-state index contributed by atoms with van der Waals surface area (Å²) in [5.74, 6) is 1.93. The summed E-state index contributed by atoms with van der Waals surface area (Å²) >= 11 is 12.6. The minimum atomic E-state index is -0.489. The number of nitrogens with two attached hydrogens (primary N) is 1. The first-order valence-electron chi connectivity index (χ1n) is 10.8. The molecule has 1 saturated heterocycles. The zero-order valence-electron chi connectivity index (χ0n) is 18.9. The van der Waals surface area contributed by atoms with E-state index in [0.29, 0.717) is 59.1 Å². The van der Waals surface area contributed by atoms with Crippen molar-refractivity contribution in [2.45, 2.75) is 38.3 Å². The highest BCUT2D eigenvalue weighted by Gasteiger charge is 2.49. The Morgan fingerprint density at radius 2 is 2.00 bits per heavy atom. The number of carbonyl (C=O) groups excluding carboxylic acids is 1. The highest BCUT2D eigenvalue weighted by atomic mass is 35.5. The van der Waals surface area contributed by atoms with E-state index in [4.69, 9.17) is 38.7 Å². The Hall–Kier alpha value is -2.61. The van der Waals surface area contributed by atoms with Gasteiger partial charge >= 0.3 is 0 Å². The molecule has 33 heavy (non-hydrogen) atoms. The van der Waals surface area contributed by atoms with E-state index >= 15 is 0 Å². The Bertz CT molecular complexity index is 1130. The summed E-state index contributed by atoms with van der Waals surface area (Å²) in [6, 6.07) is 9.07. The van der Waals surface area contributed by atoms with Crippen LogP contribution < -0.4 is 15.4 Å². The predicted molar refractivity (Wildman–Crippen MR) is 132 cm³/mol. The van der Waals surface area contributed by atoms with Gasteiger partial charge in [0.05, 0.1) is 21.8 Å². The molecule has 1 fully saturated rings. The molecular formula is C24H27Cl2N5O2. The zero-order chi connectivity index (χ0) is 23.8. The van der Waals surface area contributed by atoms with Gasteiger partial charge in [0, 0.05) is 50.3 Å². The van der Waals surface area contributed by atoms with Gasteiger partial charge < -0.3 is 20.3 Å². The standard InChI is InChI=1S/C24H27Cl2N5O2/c1-15(14-32)22(29-16(2)30(3)19-8-4-7-18(25)20(19)26)31-12-9-24(10-13-31)21(27)17-6-5-11-28-23(17)33-24/h4-8,11,14,21H,9-10,12-13,27H2,1-3H3/b22-15+,29-16-. The van der Waals surface area contributed by atoms with Gasteiger partial charge in [-0.05, 0) is 32.0 Å². The summed E-state index contributed by atoms with van der Waals surface area (Å²) in [7, 11) is 1.87. The number of rotatable bonds is 4. The molecule has 0 saturated carbocycles. The fourth-order valence-electron chi connectivity index (χ4n) is 4.39. The van der Waals surface area contributed by atoms with E-state index in [-0.39, 0.29) is 6.04 Å². The quantitative estimate of drug-likeness (QED) is 0.293. The molecule has 9 heteroatoms. The molecule has 0 radical (unpaired) electrons. The Labute approximate surface area is 203 Å². The number of ether oxygens (including phenoxy) is 1. The van der Waals surface area contributed by atoms with Crippen LogP contribution in [0.3, 0.4) is 0 Å². The van der Waals surface area contributed by atoms with Crippen molar-refractivity contribution in [3.8, 4) is 5.88 Å². The number of fused-ring (bicyclic) bond motifs is 1. The largest absolute Gasteiger partial charge is 0.469 e. The molecule has 1 aromatic heterocycles. The Morgan fingerprint density at radius 1 is 1.27 bits per heavy atom. The number of benzene rings is 1. The minimum absolute atomic E-state index is 0.232. The number of pyridine rings is 1. The second-order valence-corrected chi connectivity index (χ2v) is 9.23. The van der Waals surface area contributed by atoms with Crippen LogP contribution in [0, 0.1) is 0 Å². The molecule has 7 nitrogen and oxygen atoms in total. The fourth-order valence-corrected chi connectivity index (χ4v) is 4.81. The molecule has 0 amide bonds. The van der Waals surface area contributed by atoms with E-state index in [2.05, 4.69) is 9.88 Å². The molecule has 1 unspecified atom stereocenters. The predicted octanol–water partition coefficient (Wildman–Crippen LogP) is 4.60. The molecule has 174 valence electrons. The van der Waals surface area contributed by atoms with Gasteiger partial charge in [-0.3, -0.25) is 4.79 Å². The average Bonchev–Trinajstić information content (AvgIpc) is 3.10. The maximum absolute atomic E-state index is 11.7. The van der Waals surface area contributed by atoms with Crippen LogP contribution in [-0.2, 0) is 4.79 Å². The van der Waals surface area contributed by atoms with Gasteiger partial charge in [-0.1, -0.05) is 35.3 Å². The van der Waals surface area contributed by atoms with Crippen LogP contribution in [0.1, 0.15) is 38.3 Å². The van der Waals surface area contributed by atoms with E-state index in [9.17, 15) is 4.79 Å². The highest BCUT2D eigenvalue weighted by molar-refractivity contribution is 6.44. The lowest BCUT2D eigenvalue weighted by Gasteiger charge is -2.42. The van der Waals surface area contributed by atoms with Gasteiger partial charge in [0.25, 0.3) is 0 Å². The van der Waals surface area contributed by atoms with Gasteiger partial charge in [0.15, 0.2) is 0 Å². The number of aldehydes is 1. The summed E-state index contributed by atoms with van der Waals surface area (Å²) in [4.78, 5) is 24.8. The topological polar surface area (TPSA) is 84.0 Å². The van der Waals surface area contributed by atoms with Crippen molar-refractivity contribution in [3.05, 3.63) is 63.5 Å². The number of amidine groups is 1. The molecule has 1 aromatic carbocycles. The molecule has 2 N–H and O–H groups in total. The third kappa shape index (κ3) is 4.33. The second-order valence-electron chi connectivity index (χ2n) is 8.44. The van der Waals surface area contributed by atoms with Crippen LogP contribution in [0.15, 0.2) is 52.9 Å². The first-order chi connectivity index (χ1) is 15.8. The molecule has 2 aromatic rings. The maximum atomic E-state index is 11.7. The molecule has 1 spiro atoms. The molecule has 0 aliphatic carbocycles. The molecule has 2 aliphatic heterocycles. The molecule has 1 atom stereocenters. The summed E-state index contributed by atoms with van der Waals surface area (Å²) in [5, 5.41) is 0.924. The first kappa shape index (κ1) is 23.5. The molecule has 0 bridgehead atoms. The van der Waals surface area contributed by atoms with Gasteiger partial charge in [-0.25, -0.2) is 9.98 Å². The Morgan fingerprint density at radius 3 is 2.67 bits per heavy atom. The van der Waals surface area contributed by atoms with Crippen LogP contribution in [0.5, 0.6) is 5.88 Å². The van der Waals surface area contributed by atoms with E-state index in [1.165, 1.54) is 0 Å². The average molecular weight is 488 g/mol. The van der Waals surface area contributed by atoms with E-state index < -0.39 is 5.60 Å². The van der Waals surface area contributed by atoms with Crippen molar-refractivity contribution < 1.29 is 9.53 Å². The SMILES string of the molecule is C/C(=N/C(=C(/C)C=O)N1CCC2(CC1)Oc1ncccc1C2N)N(C)c1cccc(Cl)c1Cl. The number of hydrogen-bond acceptors (Lipinski definition) is 6. The van der Waals surface area contributed by atoms with Crippen molar-refractivity contribution in [2.75, 3.05) is 25.0 Å². The first-order valence-corrected chi connectivity index (χ1v) is 11.6. The van der Waals surface area contributed by atoms with Crippen molar-refractivity contribution in [1.29, 1.82) is 0 Å². The zero-order valence-corrected chi connectivity index (χ0v) is 20.4. The highest BCUT2D eigenvalue weighted by Crippen LogP contribution is 2.46. The minimum Gasteiger partial charge on any atom is -0.469 e. The van der Waals surface area contributed by atoms with Gasteiger partial charge in [0.2, 0.25) is 5.88 Å². The summed E-state index contributed by atoms with van der Waals surface area (Å²) in [6.45, 7) is 4.95.